The number of rotatable bonds is 5. The first-order chi connectivity index (χ1) is 8.80. The number of hydrogen-bond acceptors (Lipinski definition) is 6. The van der Waals surface area contributed by atoms with Gasteiger partial charge in [0.2, 0.25) is 10.0 Å². The van der Waals surface area contributed by atoms with Crippen LogP contribution >= 0.6 is 0 Å². The summed E-state index contributed by atoms with van der Waals surface area (Å²) in [6, 6.07) is -0.802. The smallest absolute Gasteiger partial charge is 0.325 e. The number of hydrogen-bond donors (Lipinski definition) is 1. The van der Waals surface area contributed by atoms with Gasteiger partial charge >= 0.3 is 11.9 Å². The van der Waals surface area contributed by atoms with Crippen molar-refractivity contribution in [2.75, 3.05) is 26.9 Å². The van der Waals surface area contributed by atoms with Crippen molar-refractivity contribution in [1.29, 1.82) is 0 Å². The Morgan fingerprint density at radius 3 is 2.68 bits per heavy atom. The monoisotopic (exact) mass is 295 g/mol. The van der Waals surface area contributed by atoms with E-state index in [1.54, 1.807) is 0 Å². The molecule has 1 aliphatic rings. The summed E-state index contributed by atoms with van der Waals surface area (Å²) >= 11 is 0. The third-order valence-corrected chi connectivity index (χ3v) is 5.11. The van der Waals surface area contributed by atoms with E-state index in [1.807, 2.05) is 0 Å². The second-order valence-corrected chi connectivity index (χ2v) is 6.35. The minimum atomic E-state index is -3.95. The number of carboxylic acid groups (broad SMARTS) is 1. The number of ether oxygens (including phenoxy) is 2. The van der Waals surface area contributed by atoms with E-state index < -0.39 is 33.3 Å². The summed E-state index contributed by atoms with van der Waals surface area (Å²) in [4.78, 5) is 22.1. The SMILES string of the molecule is COC(=O)C(C)S(=O)(=O)N1CCOCC1CC(=O)O. The van der Waals surface area contributed by atoms with Gasteiger partial charge in [-0.3, -0.25) is 9.59 Å². The van der Waals surface area contributed by atoms with E-state index in [9.17, 15) is 18.0 Å². The highest BCUT2D eigenvalue weighted by Gasteiger charge is 2.40. The van der Waals surface area contributed by atoms with Gasteiger partial charge < -0.3 is 14.6 Å². The van der Waals surface area contributed by atoms with Crippen molar-refractivity contribution in [3.8, 4) is 0 Å². The maximum absolute atomic E-state index is 12.3. The molecule has 0 amide bonds. The number of methoxy groups -OCH3 is 1. The Balaban J connectivity index is 2.95. The Morgan fingerprint density at radius 2 is 2.16 bits per heavy atom. The van der Waals surface area contributed by atoms with Crippen LogP contribution in [0.5, 0.6) is 0 Å². The largest absolute Gasteiger partial charge is 0.481 e. The summed E-state index contributed by atoms with van der Waals surface area (Å²) in [7, 11) is -2.85. The minimum Gasteiger partial charge on any atom is -0.481 e. The molecule has 0 aromatic rings. The number of carboxylic acids is 1. The van der Waals surface area contributed by atoms with Crippen LogP contribution in [0.3, 0.4) is 0 Å². The van der Waals surface area contributed by atoms with Gasteiger partial charge in [0, 0.05) is 6.54 Å². The van der Waals surface area contributed by atoms with Gasteiger partial charge in [0.25, 0.3) is 0 Å². The molecular weight excluding hydrogens is 278 g/mol. The lowest BCUT2D eigenvalue weighted by Crippen LogP contribution is -2.53. The summed E-state index contributed by atoms with van der Waals surface area (Å²) in [5.41, 5.74) is 0. The van der Waals surface area contributed by atoms with Crippen molar-refractivity contribution in [2.24, 2.45) is 0 Å². The third kappa shape index (κ3) is 3.64. The maximum atomic E-state index is 12.3. The van der Waals surface area contributed by atoms with Crippen LogP contribution in [0.15, 0.2) is 0 Å². The topological polar surface area (TPSA) is 110 Å². The van der Waals surface area contributed by atoms with Crippen molar-refractivity contribution >= 4 is 22.0 Å². The average Bonchev–Trinajstić information content (AvgIpc) is 2.36. The molecule has 8 nitrogen and oxygen atoms in total. The molecule has 19 heavy (non-hydrogen) atoms. The Labute approximate surface area is 111 Å². The highest BCUT2D eigenvalue weighted by molar-refractivity contribution is 7.90. The molecule has 1 N–H and O–H groups in total. The molecule has 2 unspecified atom stereocenters. The van der Waals surface area contributed by atoms with Crippen molar-refractivity contribution in [3.05, 3.63) is 0 Å². The van der Waals surface area contributed by atoms with Gasteiger partial charge in [0.15, 0.2) is 5.25 Å². The van der Waals surface area contributed by atoms with Crippen LogP contribution in [0, 0.1) is 0 Å². The van der Waals surface area contributed by atoms with Crippen LogP contribution in [-0.4, -0.2) is 67.9 Å². The lowest BCUT2D eigenvalue weighted by molar-refractivity contribution is -0.140. The van der Waals surface area contributed by atoms with Crippen LogP contribution in [0.2, 0.25) is 0 Å². The molecule has 1 heterocycles. The Hall–Kier alpha value is -1.19. The standard InChI is InChI=1S/C10H17NO7S/c1-7(10(14)17-2)19(15,16)11-3-4-18-6-8(11)5-9(12)13/h7-8H,3-6H2,1-2H3,(H,12,13). The average molecular weight is 295 g/mol. The molecule has 0 bridgehead atoms. The Bertz CT molecular complexity index is 447. The number of sulfonamides is 1. The second kappa shape index (κ2) is 6.31. The number of carbonyl (C=O) groups excluding carboxylic acids is 1. The van der Waals surface area contributed by atoms with Crippen LogP contribution < -0.4 is 0 Å². The van der Waals surface area contributed by atoms with Crippen LogP contribution in [0.1, 0.15) is 13.3 Å². The second-order valence-electron chi connectivity index (χ2n) is 4.15. The van der Waals surface area contributed by atoms with E-state index in [1.165, 1.54) is 6.92 Å². The van der Waals surface area contributed by atoms with Crippen molar-refractivity contribution < 1.29 is 32.6 Å². The first-order valence-electron chi connectivity index (χ1n) is 5.68. The van der Waals surface area contributed by atoms with Crippen LogP contribution in [0.4, 0.5) is 0 Å². The number of esters is 1. The summed E-state index contributed by atoms with van der Waals surface area (Å²) in [5.74, 6) is -2.00. The predicted octanol–water partition coefficient (Wildman–Crippen LogP) is -0.947. The molecule has 1 aliphatic heterocycles. The first kappa shape index (κ1) is 15.9. The van der Waals surface area contributed by atoms with E-state index in [0.717, 1.165) is 11.4 Å². The Morgan fingerprint density at radius 1 is 1.53 bits per heavy atom. The molecule has 0 radical (unpaired) electrons. The van der Waals surface area contributed by atoms with Crippen molar-refractivity contribution in [2.45, 2.75) is 24.6 Å². The van der Waals surface area contributed by atoms with Crippen LogP contribution in [0.25, 0.3) is 0 Å². The fourth-order valence-corrected chi connectivity index (χ4v) is 3.45. The Kier molecular flexibility index (Phi) is 5.27. The molecule has 0 aromatic carbocycles. The summed E-state index contributed by atoms with van der Waals surface area (Å²) in [6.07, 6.45) is -0.368. The van der Waals surface area contributed by atoms with E-state index in [4.69, 9.17) is 9.84 Å². The van der Waals surface area contributed by atoms with Gasteiger partial charge in [-0.15, -0.1) is 0 Å². The molecule has 0 aromatic heterocycles. The molecule has 110 valence electrons. The van der Waals surface area contributed by atoms with Gasteiger partial charge in [-0.05, 0) is 6.92 Å². The van der Waals surface area contributed by atoms with E-state index in [2.05, 4.69) is 4.74 Å². The fraction of sp³-hybridized carbons (Fsp3) is 0.800. The maximum Gasteiger partial charge on any atom is 0.325 e. The van der Waals surface area contributed by atoms with E-state index >= 15 is 0 Å². The molecule has 2 atom stereocenters. The third-order valence-electron chi connectivity index (χ3n) is 2.89. The minimum absolute atomic E-state index is 0.000573. The van der Waals surface area contributed by atoms with Gasteiger partial charge in [-0.2, -0.15) is 4.31 Å². The highest BCUT2D eigenvalue weighted by Crippen LogP contribution is 2.19. The molecule has 0 spiro atoms. The zero-order valence-corrected chi connectivity index (χ0v) is 11.6. The van der Waals surface area contributed by atoms with Gasteiger partial charge in [-0.25, -0.2) is 8.42 Å². The number of morpholine rings is 1. The van der Waals surface area contributed by atoms with Gasteiger partial charge in [0.1, 0.15) is 0 Å². The van der Waals surface area contributed by atoms with Gasteiger partial charge in [-0.1, -0.05) is 0 Å². The molecule has 9 heteroatoms. The zero-order chi connectivity index (χ0) is 14.6. The quantitative estimate of drug-likeness (QED) is 0.651. The van der Waals surface area contributed by atoms with E-state index in [0.29, 0.717) is 0 Å². The summed E-state index contributed by atoms with van der Waals surface area (Å²) in [5, 5.41) is 7.41. The number of carbonyl (C=O) groups is 2. The summed E-state index contributed by atoms with van der Waals surface area (Å²) in [6.45, 7) is 1.42. The predicted molar refractivity (Wildman–Crippen MR) is 64.0 cm³/mol. The number of aliphatic carboxylic acids is 1. The highest BCUT2D eigenvalue weighted by atomic mass is 32.2. The molecule has 1 saturated heterocycles. The molecule has 1 rings (SSSR count). The van der Waals surface area contributed by atoms with Crippen molar-refractivity contribution in [1.82, 2.24) is 4.31 Å². The lowest BCUT2D eigenvalue weighted by Gasteiger charge is -2.34. The zero-order valence-electron chi connectivity index (χ0n) is 10.7. The van der Waals surface area contributed by atoms with Gasteiger partial charge in [0.05, 0.1) is 32.8 Å². The normalized spacial score (nSPS) is 22.7. The molecule has 0 aliphatic carbocycles. The van der Waals surface area contributed by atoms with Crippen molar-refractivity contribution in [3.63, 3.8) is 0 Å². The van der Waals surface area contributed by atoms with Crippen LogP contribution in [-0.2, 0) is 29.1 Å². The molecule has 0 saturated carbocycles. The lowest BCUT2D eigenvalue weighted by atomic mass is 10.2. The first-order valence-corrected chi connectivity index (χ1v) is 7.19. The molecule has 1 fully saturated rings. The van der Waals surface area contributed by atoms with E-state index in [-0.39, 0.29) is 26.2 Å². The number of nitrogens with zero attached hydrogens (tertiary/aromatic N) is 1. The fourth-order valence-electron chi connectivity index (χ4n) is 1.83. The molecular formula is C10H17NO7S. The summed E-state index contributed by atoms with van der Waals surface area (Å²) < 4.78 is 35.0.